The number of carbonyl (C=O) groups is 3. The van der Waals surface area contributed by atoms with Gasteiger partial charge < -0.3 is 5.32 Å². The van der Waals surface area contributed by atoms with Crippen molar-refractivity contribution < 1.29 is 27.6 Å². The Morgan fingerprint density at radius 2 is 1.69 bits per heavy atom. The highest BCUT2D eigenvalue weighted by atomic mass is 32.2. The number of nitrogens with zero attached hydrogens (tertiary/aromatic N) is 2. The number of allylic oxidation sites excluding steroid dienone is 2. The Morgan fingerprint density at radius 1 is 1.14 bits per heavy atom. The Bertz CT molecular complexity index is 973. The smallest absolute Gasteiger partial charge is 0.264 e. The predicted octanol–water partition coefficient (Wildman–Crippen LogP) is 0.614. The van der Waals surface area contributed by atoms with Gasteiger partial charge in [-0.25, -0.2) is 8.42 Å². The Labute approximate surface area is 168 Å². The van der Waals surface area contributed by atoms with Gasteiger partial charge in [-0.3, -0.25) is 24.1 Å². The van der Waals surface area contributed by atoms with E-state index in [0.29, 0.717) is 5.69 Å². The summed E-state index contributed by atoms with van der Waals surface area (Å²) >= 11 is 0. The SMILES string of the molecule is CON(C)S(=O)(=O)c1ccc(NC(=O)CN2C(=O)C3C4C=CC(C4)C3C2=O)cc1. The average molecular weight is 419 g/mol. The molecule has 2 aliphatic carbocycles. The number of rotatable bonds is 6. The summed E-state index contributed by atoms with van der Waals surface area (Å²) in [6, 6.07) is 5.53. The molecule has 1 N–H and O–H groups in total. The fraction of sp³-hybridized carbons (Fsp3) is 0.421. The summed E-state index contributed by atoms with van der Waals surface area (Å²) in [5, 5.41) is 2.60. The Balaban J connectivity index is 1.41. The summed E-state index contributed by atoms with van der Waals surface area (Å²) < 4.78 is 25.1. The number of anilines is 1. The average Bonchev–Trinajstić information content (AvgIpc) is 3.38. The fourth-order valence-corrected chi connectivity index (χ4v) is 5.39. The molecule has 154 valence electrons. The van der Waals surface area contributed by atoms with Gasteiger partial charge >= 0.3 is 0 Å². The highest BCUT2D eigenvalue weighted by molar-refractivity contribution is 7.89. The van der Waals surface area contributed by atoms with E-state index in [4.69, 9.17) is 4.84 Å². The second-order valence-electron chi connectivity index (χ2n) is 7.43. The van der Waals surface area contributed by atoms with E-state index in [9.17, 15) is 22.8 Å². The van der Waals surface area contributed by atoms with E-state index >= 15 is 0 Å². The topological polar surface area (TPSA) is 113 Å². The van der Waals surface area contributed by atoms with Crippen LogP contribution in [0.15, 0.2) is 41.3 Å². The number of nitrogens with one attached hydrogen (secondary N) is 1. The maximum Gasteiger partial charge on any atom is 0.264 e. The second-order valence-corrected chi connectivity index (χ2v) is 9.37. The molecule has 3 aliphatic rings. The van der Waals surface area contributed by atoms with Gasteiger partial charge in [0.15, 0.2) is 0 Å². The van der Waals surface area contributed by atoms with Crippen molar-refractivity contribution in [1.29, 1.82) is 0 Å². The molecule has 2 fully saturated rings. The fourth-order valence-electron chi connectivity index (χ4n) is 4.42. The molecule has 1 saturated heterocycles. The lowest BCUT2D eigenvalue weighted by Crippen LogP contribution is -2.39. The van der Waals surface area contributed by atoms with Crippen LogP contribution in [0.5, 0.6) is 0 Å². The molecule has 1 aromatic rings. The lowest BCUT2D eigenvalue weighted by Gasteiger charge is -2.17. The van der Waals surface area contributed by atoms with Crippen molar-refractivity contribution in [3.8, 4) is 0 Å². The molecular formula is C19H21N3O6S. The summed E-state index contributed by atoms with van der Waals surface area (Å²) in [4.78, 5) is 43.4. The van der Waals surface area contributed by atoms with Crippen LogP contribution in [0.3, 0.4) is 0 Å². The number of imide groups is 1. The van der Waals surface area contributed by atoms with Crippen LogP contribution in [0, 0.1) is 23.7 Å². The molecule has 4 unspecified atom stereocenters. The summed E-state index contributed by atoms with van der Waals surface area (Å²) in [5.74, 6) is -1.58. The first-order chi connectivity index (χ1) is 13.7. The second kappa shape index (κ2) is 7.05. The van der Waals surface area contributed by atoms with Gasteiger partial charge in [0.25, 0.3) is 10.0 Å². The Kier molecular flexibility index (Phi) is 4.80. The number of likely N-dealkylation sites (tertiary alicyclic amines) is 1. The third kappa shape index (κ3) is 3.17. The number of hydrogen-bond donors (Lipinski definition) is 1. The first kappa shape index (κ1) is 19.7. The van der Waals surface area contributed by atoms with E-state index in [1.165, 1.54) is 38.4 Å². The maximum absolute atomic E-state index is 12.6. The first-order valence-corrected chi connectivity index (χ1v) is 10.6. The van der Waals surface area contributed by atoms with E-state index < -0.39 is 15.9 Å². The first-order valence-electron chi connectivity index (χ1n) is 9.20. The van der Waals surface area contributed by atoms with Crippen molar-refractivity contribution in [3.05, 3.63) is 36.4 Å². The molecule has 10 heteroatoms. The normalized spacial score (nSPS) is 27.8. The summed E-state index contributed by atoms with van der Waals surface area (Å²) in [6.07, 6.45) is 4.83. The van der Waals surface area contributed by atoms with E-state index in [2.05, 4.69) is 5.32 Å². The molecule has 1 saturated carbocycles. The molecule has 0 spiro atoms. The van der Waals surface area contributed by atoms with Gasteiger partial charge in [0.05, 0.1) is 23.8 Å². The number of hydrogen-bond acceptors (Lipinski definition) is 6. The minimum Gasteiger partial charge on any atom is -0.325 e. The van der Waals surface area contributed by atoms with Crippen molar-refractivity contribution >= 4 is 33.4 Å². The number of hydroxylamine groups is 1. The molecule has 29 heavy (non-hydrogen) atoms. The van der Waals surface area contributed by atoms with Crippen LogP contribution in [0.4, 0.5) is 5.69 Å². The van der Waals surface area contributed by atoms with Crippen LogP contribution < -0.4 is 5.32 Å². The summed E-state index contributed by atoms with van der Waals surface area (Å²) in [5.41, 5.74) is 0.357. The van der Waals surface area contributed by atoms with Gasteiger partial charge in [-0.05, 0) is 42.5 Å². The van der Waals surface area contributed by atoms with Crippen LogP contribution in [0.1, 0.15) is 6.42 Å². The number of carbonyl (C=O) groups excluding carboxylic acids is 3. The lowest BCUT2D eigenvalue weighted by atomic mass is 9.85. The van der Waals surface area contributed by atoms with Gasteiger partial charge in [0, 0.05) is 12.7 Å². The van der Waals surface area contributed by atoms with Gasteiger partial charge in [-0.1, -0.05) is 16.6 Å². The van der Waals surface area contributed by atoms with Crippen molar-refractivity contribution in [3.63, 3.8) is 0 Å². The van der Waals surface area contributed by atoms with Crippen molar-refractivity contribution in [2.75, 3.05) is 26.0 Å². The minimum atomic E-state index is -3.79. The molecule has 1 aliphatic heterocycles. The zero-order valence-corrected chi connectivity index (χ0v) is 16.8. The third-order valence-electron chi connectivity index (χ3n) is 5.89. The summed E-state index contributed by atoms with van der Waals surface area (Å²) in [6.45, 7) is -0.351. The highest BCUT2D eigenvalue weighted by Gasteiger charge is 2.59. The number of benzene rings is 1. The third-order valence-corrected chi connectivity index (χ3v) is 7.59. The Hall–Kier alpha value is -2.56. The van der Waals surface area contributed by atoms with Crippen LogP contribution in [-0.2, 0) is 29.2 Å². The maximum atomic E-state index is 12.6. The van der Waals surface area contributed by atoms with E-state index in [-0.39, 0.29) is 46.9 Å². The van der Waals surface area contributed by atoms with E-state index in [1.54, 1.807) is 0 Å². The lowest BCUT2D eigenvalue weighted by molar-refractivity contribution is -0.143. The number of fused-ring (bicyclic) bond motifs is 5. The minimum absolute atomic E-state index is 0.000507. The van der Waals surface area contributed by atoms with Crippen LogP contribution in [0.25, 0.3) is 0 Å². The van der Waals surface area contributed by atoms with Gasteiger partial charge in [-0.15, -0.1) is 0 Å². The number of sulfonamides is 1. The molecule has 1 aromatic carbocycles. The van der Waals surface area contributed by atoms with Gasteiger partial charge in [0.2, 0.25) is 17.7 Å². The van der Waals surface area contributed by atoms with Crippen molar-refractivity contribution in [2.24, 2.45) is 23.7 Å². The monoisotopic (exact) mass is 419 g/mol. The number of amides is 3. The largest absolute Gasteiger partial charge is 0.325 e. The van der Waals surface area contributed by atoms with Crippen molar-refractivity contribution in [1.82, 2.24) is 9.37 Å². The van der Waals surface area contributed by atoms with Crippen LogP contribution in [0.2, 0.25) is 0 Å². The molecule has 2 bridgehead atoms. The zero-order valence-electron chi connectivity index (χ0n) is 15.9. The molecule has 0 aromatic heterocycles. The molecular weight excluding hydrogens is 398 g/mol. The van der Waals surface area contributed by atoms with Crippen LogP contribution in [-0.4, -0.2) is 56.2 Å². The molecule has 4 atom stereocenters. The molecule has 9 nitrogen and oxygen atoms in total. The van der Waals surface area contributed by atoms with Gasteiger partial charge in [-0.2, -0.15) is 0 Å². The molecule has 0 radical (unpaired) electrons. The Morgan fingerprint density at radius 3 is 2.21 bits per heavy atom. The standard InChI is InChI=1S/C19H21N3O6S/c1-21(28-2)29(26,27)14-7-5-13(6-8-14)20-15(23)10-22-18(24)16-11-3-4-12(9-11)17(16)19(22)25/h3-8,11-12,16-17H,9-10H2,1-2H3,(H,20,23). The van der Waals surface area contributed by atoms with Crippen LogP contribution >= 0.6 is 0 Å². The predicted molar refractivity (Wildman–Crippen MR) is 101 cm³/mol. The molecule has 1 heterocycles. The van der Waals surface area contributed by atoms with Gasteiger partial charge in [0.1, 0.15) is 6.54 Å². The molecule has 3 amide bonds. The molecule has 4 rings (SSSR count). The van der Waals surface area contributed by atoms with E-state index in [0.717, 1.165) is 15.8 Å². The highest BCUT2D eigenvalue weighted by Crippen LogP contribution is 2.52. The quantitative estimate of drug-likeness (QED) is 0.411. The zero-order chi connectivity index (χ0) is 20.9. The summed E-state index contributed by atoms with van der Waals surface area (Å²) in [7, 11) is -1.28. The van der Waals surface area contributed by atoms with E-state index in [1.807, 2.05) is 12.2 Å². The van der Waals surface area contributed by atoms with Crippen molar-refractivity contribution in [2.45, 2.75) is 11.3 Å².